The van der Waals surface area contributed by atoms with E-state index in [9.17, 15) is 9.90 Å². The number of halogens is 1. The van der Waals surface area contributed by atoms with Gasteiger partial charge in [0, 0.05) is 39.1 Å². The van der Waals surface area contributed by atoms with Crippen LogP contribution in [0, 0.1) is 0 Å². The average molecular weight is 406 g/mol. The summed E-state index contributed by atoms with van der Waals surface area (Å²) in [6.07, 6.45) is -0.0578. The van der Waals surface area contributed by atoms with E-state index in [4.69, 9.17) is 16.4 Å². The summed E-state index contributed by atoms with van der Waals surface area (Å²) >= 11 is 7.41. The summed E-state index contributed by atoms with van der Waals surface area (Å²) < 4.78 is 0.699. The van der Waals surface area contributed by atoms with Crippen LogP contribution in [0.4, 0.5) is 0 Å². The molecular weight excluding hydrogens is 386 g/mol. The number of phenolic OH excluding ortho intramolecular Hbond substituents is 1. The van der Waals surface area contributed by atoms with Crippen molar-refractivity contribution in [3.8, 4) is 5.75 Å². The summed E-state index contributed by atoms with van der Waals surface area (Å²) in [5.41, 5.74) is 1.86. The van der Waals surface area contributed by atoms with Crippen molar-refractivity contribution >= 4 is 34.6 Å². The average Bonchev–Trinajstić information content (AvgIpc) is 3.31. The van der Waals surface area contributed by atoms with E-state index in [2.05, 4.69) is 10.1 Å². The largest absolute Gasteiger partial charge is 0.508 e. The fraction of sp³-hybridized carbons (Fsp3) is 0.368. The molecule has 1 N–H and O–H groups in total. The second-order valence-electron chi connectivity index (χ2n) is 6.71. The predicted octanol–water partition coefficient (Wildman–Crippen LogP) is 2.94. The van der Waals surface area contributed by atoms with Gasteiger partial charge in [0.25, 0.3) is 5.91 Å². The van der Waals surface area contributed by atoms with E-state index in [-0.39, 0.29) is 11.7 Å². The van der Waals surface area contributed by atoms with Gasteiger partial charge in [0.15, 0.2) is 0 Å². The number of thiophene rings is 1. The Kier molecular flexibility index (Phi) is 5.33. The van der Waals surface area contributed by atoms with Crippen LogP contribution in [-0.4, -0.2) is 58.8 Å². The molecule has 0 radical (unpaired) electrons. The normalized spacial score (nSPS) is 20.4. The van der Waals surface area contributed by atoms with Crippen LogP contribution in [0.2, 0.25) is 4.34 Å². The number of hydrogen-bond donors (Lipinski definition) is 1. The molecule has 0 aliphatic carbocycles. The fourth-order valence-electron chi connectivity index (χ4n) is 3.37. The lowest BCUT2D eigenvalue weighted by atomic mass is 10.1. The molecule has 1 amide bonds. The molecule has 2 aliphatic heterocycles. The summed E-state index contributed by atoms with van der Waals surface area (Å²) in [5, 5.41) is 13.7. The molecule has 4 rings (SSSR count). The third kappa shape index (κ3) is 4.26. The smallest absolute Gasteiger partial charge is 0.266 e. The van der Waals surface area contributed by atoms with Gasteiger partial charge >= 0.3 is 0 Å². The number of piperazine rings is 1. The van der Waals surface area contributed by atoms with E-state index < -0.39 is 6.10 Å². The van der Waals surface area contributed by atoms with Crippen molar-refractivity contribution in [2.45, 2.75) is 19.1 Å². The molecule has 1 fully saturated rings. The standard InChI is InChI=1S/C19H20ClN3O3S/c20-18-5-4-17(27-18)15-11-16(26-21-15)19(25)23-8-6-22(7-9-23)12-13-2-1-3-14(24)10-13/h1-5,10,16,24H,6-9,11-12H2/t16-/m1/s1. The lowest BCUT2D eigenvalue weighted by Gasteiger charge is -2.35. The van der Waals surface area contributed by atoms with E-state index in [1.807, 2.05) is 29.2 Å². The van der Waals surface area contributed by atoms with Crippen molar-refractivity contribution in [1.82, 2.24) is 9.80 Å². The van der Waals surface area contributed by atoms with Gasteiger partial charge in [-0.15, -0.1) is 11.3 Å². The van der Waals surface area contributed by atoms with Gasteiger partial charge in [-0.25, -0.2) is 0 Å². The Morgan fingerprint density at radius 1 is 1.26 bits per heavy atom. The number of oxime groups is 1. The first-order valence-corrected chi connectivity index (χ1v) is 10.1. The van der Waals surface area contributed by atoms with Crippen LogP contribution >= 0.6 is 22.9 Å². The molecule has 1 aromatic carbocycles. The van der Waals surface area contributed by atoms with Gasteiger partial charge in [0.05, 0.1) is 9.21 Å². The number of aromatic hydroxyl groups is 1. The minimum atomic E-state index is -0.543. The summed E-state index contributed by atoms with van der Waals surface area (Å²) in [6.45, 7) is 3.68. The number of carbonyl (C=O) groups excluding carboxylic acids is 1. The maximum absolute atomic E-state index is 12.7. The van der Waals surface area contributed by atoms with Gasteiger partial charge in [-0.05, 0) is 29.8 Å². The number of benzene rings is 1. The Hall–Kier alpha value is -2.09. The molecule has 2 aromatic rings. The summed E-state index contributed by atoms with van der Waals surface area (Å²) in [6, 6.07) is 11.0. The molecule has 1 aromatic heterocycles. The van der Waals surface area contributed by atoms with E-state index in [1.54, 1.807) is 12.1 Å². The van der Waals surface area contributed by atoms with Crippen LogP contribution in [0.25, 0.3) is 0 Å². The van der Waals surface area contributed by atoms with Gasteiger partial charge < -0.3 is 14.8 Å². The van der Waals surface area contributed by atoms with Crippen LogP contribution in [0.3, 0.4) is 0 Å². The van der Waals surface area contributed by atoms with Crippen LogP contribution in [0.1, 0.15) is 16.9 Å². The Bertz CT molecular complexity index is 861. The Labute approximate surface area is 166 Å². The first-order valence-electron chi connectivity index (χ1n) is 8.86. The van der Waals surface area contributed by atoms with Gasteiger partial charge in [0.2, 0.25) is 6.10 Å². The lowest BCUT2D eigenvalue weighted by molar-refractivity contribution is -0.143. The second-order valence-corrected chi connectivity index (χ2v) is 8.43. The number of rotatable bonds is 4. The fourth-order valence-corrected chi connectivity index (χ4v) is 4.40. The predicted molar refractivity (Wildman–Crippen MR) is 105 cm³/mol. The lowest BCUT2D eigenvalue weighted by Crippen LogP contribution is -2.51. The van der Waals surface area contributed by atoms with E-state index in [0.29, 0.717) is 23.8 Å². The SMILES string of the molecule is O=C([C@H]1CC(c2ccc(Cl)s2)=NO1)N1CCN(Cc2cccc(O)c2)CC1. The van der Waals surface area contributed by atoms with E-state index >= 15 is 0 Å². The Morgan fingerprint density at radius 2 is 2.07 bits per heavy atom. The first kappa shape index (κ1) is 18.3. The molecule has 0 bridgehead atoms. The number of nitrogens with zero attached hydrogens (tertiary/aromatic N) is 3. The number of carbonyl (C=O) groups is 1. The van der Waals surface area contributed by atoms with E-state index in [0.717, 1.165) is 35.8 Å². The molecule has 3 heterocycles. The van der Waals surface area contributed by atoms with Crippen molar-refractivity contribution in [3.05, 3.63) is 51.2 Å². The van der Waals surface area contributed by atoms with Gasteiger partial charge in [-0.2, -0.15) is 0 Å². The quantitative estimate of drug-likeness (QED) is 0.849. The number of phenols is 1. The molecule has 8 heteroatoms. The molecule has 1 atom stereocenters. The third-order valence-electron chi connectivity index (χ3n) is 4.80. The highest BCUT2D eigenvalue weighted by atomic mass is 35.5. The minimum absolute atomic E-state index is 0.00610. The highest BCUT2D eigenvalue weighted by molar-refractivity contribution is 7.18. The highest BCUT2D eigenvalue weighted by Crippen LogP contribution is 2.27. The molecule has 0 saturated carbocycles. The topological polar surface area (TPSA) is 65.4 Å². The number of amides is 1. The Balaban J connectivity index is 1.28. The molecular formula is C19H20ClN3O3S. The number of hydrogen-bond acceptors (Lipinski definition) is 6. The summed E-state index contributed by atoms with van der Waals surface area (Å²) in [5.74, 6) is 0.274. The molecule has 1 saturated heterocycles. The van der Waals surface area contributed by atoms with Crippen molar-refractivity contribution in [2.24, 2.45) is 5.16 Å². The maximum Gasteiger partial charge on any atom is 0.266 e. The molecule has 142 valence electrons. The van der Waals surface area contributed by atoms with Crippen molar-refractivity contribution in [1.29, 1.82) is 0 Å². The van der Waals surface area contributed by atoms with E-state index in [1.165, 1.54) is 11.3 Å². The summed E-state index contributed by atoms with van der Waals surface area (Å²) in [7, 11) is 0. The van der Waals surface area contributed by atoms with Gasteiger partial charge in [-0.1, -0.05) is 28.9 Å². The monoisotopic (exact) mass is 405 g/mol. The maximum atomic E-state index is 12.7. The Morgan fingerprint density at radius 3 is 2.78 bits per heavy atom. The van der Waals surface area contributed by atoms with Gasteiger partial charge in [0.1, 0.15) is 11.5 Å². The van der Waals surface area contributed by atoms with Crippen LogP contribution < -0.4 is 0 Å². The van der Waals surface area contributed by atoms with Crippen LogP contribution in [-0.2, 0) is 16.2 Å². The molecule has 0 spiro atoms. The minimum Gasteiger partial charge on any atom is -0.508 e. The third-order valence-corrected chi connectivity index (χ3v) is 6.08. The second kappa shape index (κ2) is 7.88. The molecule has 27 heavy (non-hydrogen) atoms. The van der Waals surface area contributed by atoms with Crippen molar-refractivity contribution < 1.29 is 14.7 Å². The summed E-state index contributed by atoms with van der Waals surface area (Å²) in [4.78, 5) is 23.2. The van der Waals surface area contributed by atoms with Crippen molar-refractivity contribution in [2.75, 3.05) is 26.2 Å². The zero-order chi connectivity index (χ0) is 18.8. The van der Waals surface area contributed by atoms with Crippen molar-refractivity contribution in [3.63, 3.8) is 0 Å². The highest BCUT2D eigenvalue weighted by Gasteiger charge is 2.34. The first-order chi connectivity index (χ1) is 13.1. The van der Waals surface area contributed by atoms with Crippen LogP contribution in [0.5, 0.6) is 5.75 Å². The molecule has 2 aliphatic rings. The molecule has 0 unspecified atom stereocenters. The van der Waals surface area contributed by atoms with Gasteiger partial charge in [-0.3, -0.25) is 9.69 Å². The molecule has 6 nitrogen and oxygen atoms in total. The van der Waals surface area contributed by atoms with Crippen LogP contribution in [0.15, 0.2) is 41.6 Å². The zero-order valence-electron chi connectivity index (χ0n) is 14.7. The zero-order valence-corrected chi connectivity index (χ0v) is 16.2.